The first-order valence-electron chi connectivity index (χ1n) is 8.22. The van der Waals surface area contributed by atoms with E-state index in [0.29, 0.717) is 12.5 Å². The molecule has 0 aliphatic carbocycles. The van der Waals surface area contributed by atoms with Gasteiger partial charge < -0.3 is 19.7 Å². The number of aliphatic carboxylic acids is 2. The van der Waals surface area contributed by atoms with E-state index in [9.17, 15) is 4.79 Å². The van der Waals surface area contributed by atoms with Gasteiger partial charge in [0.25, 0.3) is 0 Å². The van der Waals surface area contributed by atoms with Crippen LogP contribution < -0.4 is 4.74 Å². The van der Waals surface area contributed by atoms with Gasteiger partial charge in [0.1, 0.15) is 5.75 Å². The fourth-order valence-corrected chi connectivity index (χ4v) is 2.74. The van der Waals surface area contributed by atoms with Crippen LogP contribution in [0, 0.1) is 5.92 Å². The highest BCUT2D eigenvalue weighted by Gasteiger charge is 2.21. The minimum atomic E-state index is -1.82. The number of ketones is 1. The van der Waals surface area contributed by atoms with E-state index in [4.69, 9.17) is 29.3 Å². The van der Waals surface area contributed by atoms with Gasteiger partial charge in [-0.05, 0) is 49.6 Å². The van der Waals surface area contributed by atoms with Crippen LogP contribution in [-0.2, 0) is 14.3 Å². The van der Waals surface area contributed by atoms with Crippen molar-refractivity contribution in [1.29, 1.82) is 0 Å². The molecule has 1 atom stereocenters. The van der Waals surface area contributed by atoms with E-state index in [1.54, 1.807) is 14.2 Å². The Morgan fingerprint density at radius 3 is 2.23 bits per heavy atom. The van der Waals surface area contributed by atoms with Crippen molar-refractivity contribution in [1.82, 2.24) is 4.90 Å². The van der Waals surface area contributed by atoms with Gasteiger partial charge in [-0.3, -0.25) is 9.69 Å². The minimum absolute atomic E-state index is 0.172. The Kier molecular flexibility index (Phi) is 9.32. The first kappa shape index (κ1) is 21.6. The Hall–Kier alpha value is -2.45. The predicted octanol–water partition coefficient (Wildman–Crippen LogP) is 1.39. The lowest BCUT2D eigenvalue weighted by molar-refractivity contribution is -0.159. The number of piperidine rings is 1. The minimum Gasteiger partial charge on any atom is -0.497 e. The molecule has 1 aliphatic rings. The van der Waals surface area contributed by atoms with Crippen molar-refractivity contribution in [3.8, 4) is 5.75 Å². The van der Waals surface area contributed by atoms with Crippen LogP contribution in [-0.4, -0.2) is 73.3 Å². The number of hydrogen-bond donors (Lipinski definition) is 2. The lowest BCUT2D eigenvalue weighted by atomic mass is 9.98. The van der Waals surface area contributed by atoms with Crippen LogP contribution in [0.5, 0.6) is 5.75 Å². The third-order valence-electron chi connectivity index (χ3n) is 3.97. The van der Waals surface area contributed by atoms with E-state index in [1.807, 2.05) is 24.3 Å². The van der Waals surface area contributed by atoms with E-state index >= 15 is 0 Å². The highest BCUT2D eigenvalue weighted by Crippen LogP contribution is 2.18. The zero-order chi connectivity index (χ0) is 19.5. The van der Waals surface area contributed by atoms with Crippen molar-refractivity contribution in [2.75, 3.05) is 40.5 Å². The van der Waals surface area contributed by atoms with Crippen LogP contribution in [0.2, 0.25) is 0 Å². The zero-order valence-corrected chi connectivity index (χ0v) is 15.0. The van der Waals surface area contributed by atoms with E-state index in [1.165, 1.54) is 6.42 Å². The number of nitrogens with zero attached hydrogens (tertiary/aromatic N) is 1. The van der Waals surface area contributed by atoms with Gasteiger partial charge in [0.05, 0.1) is 20.3 Å². The lowest BCUT2D eigenvalue weighted by Crippen LogP contribution is -2.40. The molecule has 1 heterocycles. The van der Waals surface area contributed by atoms with Gasteiger partial charge in [-0.1, -0.05) is 0 Å². The number of Topliss-reactive ketones (excluding diaryl/α,β-unsaturated/α-hetero) is 1. The van der Waals surface area contributed by atoms with Gasteiger partial charge in [-0.15, -0.1) is 0 Å². The molecule has 1 aliphatic heterocycles. The monoisotopic (exact) mass is 367 g/mol. The smallest absolute Gasteiger partial charge is 0.414 e. The second-order valence-corrected chi connectivity index (χ2v) is 5.96. The Morgan fingerprint density at radius 2 is 1.73 bits per heavy atom. The van der Waals surface area contributed by atoms with Crippen molar-refractivity contribution in [3.05, 3.63) is 29.8 Å². The third-order valence-corrected chi connectivity index (χ3v) is 3.97. The van der Waals surface area contributed by atoms with Crippen LogP contribution in [0.25, 0.3) is 0 Å². The van der Waals surface area contributed by atoms with Crippen LogP contribution in [0.1, 0.15) is 23.2 Å². The first-order chi connectivity index (χ1) is 12.4. The van der Waals surface area contributed by atoms with Crippen molar-refractivity contribution in [2.45, 2.75) is 12.8 Å². The maximum absolute atomic E-state index is 12.3. The number of carboxylic acids is 2. The summed E-state index contributed by atoms with van der Waals surface area (Å²) >= 11 is 0. The number of carboxylic acid groups (broad SMARTS) is 2. The summed E-state index contributed by atoms with van der Waals surface area (Å²) in [5, 5.41) is 14.8. The van der Waals surface area contributed by atoms with Gasteiger partial charge in [0, 0.05) is 19.2 Å². The second-order valence-electron chi connectivity index (χ2n) is 5.96. The molecule has 0 aromatic heterocycles. The molecular weight excluding hydrogens is 342 g/mol. The number of hydrogen-bond acceptors (Lipinski definition) is 6. The molecular formula is C18H25NO7. The summed E-state index contributed by atoms with van der Waals surface area (Å²) in [6.07, 6.45) is 2.34. The molecule has 8 heteroatoms. The van der Waals surface area contributed by atoms with E-state index in [0.717, 1.165) is 37.4 Å². The molecule has 1 saturated heterocycles. The molecule has 0 amide bonds. The number of rotatable bonds is 6. The molecule has 2 rings (SSSR count). The number of methoxy groups -OCH3 is 2. The molecule has 0 bridgehead atoms. The topological polar surface area (TPSA) is 113 Å². The molecule has 2 N–H and O–H groups in total. The number of benzene rings is 1. The van der Waals surface area contributed by atoms with Crippen LogP contribution in [0.15, 0.2) is 24.3 Å². The van der Waals surface area contributed by atoms with E-state index in [-0.39, 0.29) is 5.78 Å². The highest BCUT2D eigenvalue weighted by molar-refractivity contribution is 6.27. The third kappa shape index (κ3) is 7.62. The van der Waals surface area contributed by atoms with Crippen molar-refractivity contribution in [2.24, 2.45) is 5.92 Å². The van der Waals surface area contributed by atoms with Gasteiger partial charge in [-0.25, -0.2) is 9.59 Å². The van der Waals surface area contributed by atoms with Gasteiger partial charge in [0.15, 0.2) is 5.78 Å². The summed E-state index contributed by atoms with van der Waals surface area (Å²) in [7, 11) is 3.36. The summed E-state index contributed by atoms with van der Waals surface area (Å²) in [5.74, 6) is -2.15. The van der Waals surface area contributed by atoms with Crippen molar-refractivity contribution in [3.63, 3.8) is 0 Å². The quantitative estimate of drug-likeness (QED) is 0.573. The standard InChI is InChI=1S/C16H23NO3.C2H2O4/c1-19-12-13-4-3-9-17(10-13)11-16(18)14-5-7-15(20-2)8-6-14;3-1(4)2(5)6/h5-8,13H,3-4,9-12H2,1-2H3;(H,3,4)(H,5,6). The molecule has 26 heavy (non-hydrogen) atoms. The van der Waals surface area contributed by atoms with E-state index < -0.39 is 11.9 Å². The van der Waals surface area contributed by atoms with Gasteiger partial charge in [0.2, 0.25) is 0 Å². The Bertz CT molecular complexity index is 586. The molecule has 0 radical (unpaired) electrons. The summed E-state index contributed by atoms with van der Waals surface area (Å²) < 4.78 is 10.3. The average molecular weight is 367 g/mol. The maximum atomic E-state index is 12.3. The summed E-state index contributed by atoms with van der Waals surface area (Å²) in [6, 6.07) is 7.32. The molecule has 0 saturated carbocycles. The molecule has 1 aromatic rings. The van der Waals surface area contributed by atoms with Crippen molar-refractivity contribution < 1.29 is 34.1 Å². The normalized spacial score (nSPS) is 16.9. The molecule has 0 spiro atoms. The Morgan fingerprint density at radius 1 is 1.12 bits per heavy atom. The fourth-order valence-electron chi connectivity index (χ4n) is 2.74. The number of ether oxygens (including phenoxy) is 2. The zero-order valence-electron chi connectivity index (χ0n) is 15.0. The maximum Gasteiger partial charge on any atom is 0.414 e. The molecule has 1 fully saturated rings. The Labute approximate surface area is 152 Å². The van der Waals surface area contributed by atoms with Crippen LogP contribution in [0.3, 0.4) is 0 Å². The predicted molar refractivity (Wildman–Crippen MR) is 93.6 cm³/mol. The number of carbonyl (C=O) groups is 3. The number of likely N-dealkylation sites (tertiary alicyclic amines) is 1. The van der Waals surface area contributed by atoms with Gasteiger partial charge in [-0.2, -0.15) is 0 Å². The molecule has 144 valence electrons. The summed E-state index contributed by atoms with van der Waals surface area (Å²) in [6.45, 7) is 3.23. The van der Waals surface area contributed by atoms with Crippen LogP contribution >= 0.6 is 0 Å². The average Bonchev–Trinajstić information content (AvgIpc) is 2.63. The largest absolute Gasteiger partial charge is 0.497 e. The first-order valence-corrected chi connectivity index (χ1v) is 8.22. The van der Waals surface area contributed by atoms with Crippen LogP contribution in [0.4, 0.5) is 0 Å². The highest BCUT2D eigenvalue weighted by atomic mass is 16.5. The lowest BCUT2D eigenvalue weighted by Gasteiger charge is -2.31. The van der Waals surface area contributed by atoms with E-state index in [2.05, 4.69) is 4.90 Å². The fraction of sp³-hybridized carbons (Fsp3) is 0.500. The molecule has 1 unspecified atom stereocenters. The molecule has 8 nitrogen and oxygen atoms in total. The van der Waals surface area contributed by atoms with Gasteiger partial charge >= 0.3 is 11.9 Å². The summed E-state index contributed by atoms with van der Waals surface area (Å²) in [5.41, 5.74) is 0.750. The Balaban J connectivity index is 0.000000487. The molecule has 1 aromatic carbocycles. The van der Waals surface area contributed by atoms with Crippen molar-refractivity contribution >= 4 is 17.7 Å². The second kappa shape index (κ2) is 11.2. The SMILES string of the molecule is COCC1CCCN(CC(=O)c2ccc(OC)cc2)C1.O=C(O)C(=O)O. The summed E-state index contributed by atoms with van der Waals surface area (Å²) in [4.78, 5) is 32.7. The number of carbonyl (C=O) groups excluding carboxylic acids is 1.